The number of carbonyl (C=O) groups is 3. The van der Waals surface area contributed by atoms with E-state index >= 15 is 0 Å². The van der Waals surface area contributed by atoms with Crippen molar-refractivity contribution >= 4 is 17.9 Å². The molecule has 0 saturated carbocycles. The molecule has 0 amide bonds. The highest BCUT2D eigenvalue weighted by molar-refractivity contribution is 5.68. The highest BCUT2D eigenvalue weighted by Crippen LogP contribution is 2.20. The van der Waals surface area contributed by atoms with E-state index in [4.69, 9.17) is 24.8 Å². The fraction of sp³-hybridized carbons (Fsp3) is 0.593. The molecule has 0 aliphatic heterocycles. The Kier molecular flexibility index (Phi) is 18.8. The summed E-state index contributed by atoms with van der Waals surface area (Å²) in [6.45, 7) is 9.73. The highest BCUT2D eigenvalue weighted by Gasteiger charge is 2.22. The van der Waals surface area contributed by atoms with Crippen LogP contribution in [0.3, 0.4) is 0 Å². The third-order valence-electron chi connectivity index (χ3n) is 5.45. The molecule has 39 heavy (non-hydrogen) atoms. The van der Waals surface area contributed by atoms with Crippen LogP contribution in [0.2, 0.25) is 0 Å². The van der Waals surface area contributed by atoms with Crippen molar-refractivity contribution in [3.63, 3.8) is 0 Å². The topological polar surface area (TPSA) is 177 Å². The number of carboxylic acid groups (broad SMARTS) is 3. The van der Waals surface area contributed by atoms with Gasteiger partial charge in [0.1, 0.15) is 18.5 Å². The van der Waals surface area contributed by atoms with Crippen LogP contribution >= 0.6 is 0 Å². The molecule has 0 rings (SSSR count). The molecule has 0 aromatic rings. The maximum atomic E-state index is 11.1. The lowest BCUT2D eigenvalue weighted by Gasteiger charge is -2.32. The first-order valence-corrected chi connectivity index (χ1v) is 12.9. The number of carboxylic acids is 3. The van der Waals surface area contributed by atoms with E-state index in [1.54, 1.807) is 17.9 Å². The molecule has 0 aromatic heterocycles. The van der Waals surface area contributed by atoms with Gasteiger partial charge in [-0.1, -0.05) is 31.7 Å². The quantitative estimate of drug-likeness (QED) is 0.0409. The Balaban J connectivity index is 5.50. The summed E-state index contributed by atoms with van der Waals surface area (Å²) in [6.07, 6.45) is 5.42. The molecule has 0 aromatic carbocycles. The van der Waals surface area contributed by atoms with E-state index in [0.29, 0.717) is 30.0 Å². The van der Waals surface area contributed by atoms with Gasteiger partial charge in [-0.25, -0.2) is 0 Å². The summed E-state index contributed by atoms with van der Waals surface area (Å²) in [5.74, 6) is -2.57. The van der Waals surface area contributed by atoms with Crippen molar-refractivity contribution in [2.75, 3.05) is 39.4 Å². The number of ether oxygens (including phenoxy) is 2. The molecule has 0 spiro atoms. The number of aliphatic carboxylic acids is 3. The third kappa shape index (κ3) is 16.3. The van der Waals surface area contributed by atoms with Crippen LogP contribution in [-0.4, -0.2) is 105 Å². The van der Waals surface area contributed by atoms with Gasteiger partial charge in [-0.2, -0.15) is 0 Å². The van der Waals surface area contributed by atoms with Gasteiger partial charge in [0, 0.05) is 25.3 Å². The molecule has 0 saturated heterocycles. The molecule has 0 radical (unpaired) electrons. The molecular weight excluding hydrogens is 512 g/mol. The number of nitrogens with zero attached hydrogens (tertiary/aromatic N) is 2. The molecule has 5 N–H and O–H groups in total. The summed E-state index contributed by atoms with van der Waals surface area (Å²) < 4.78 is 12.0. The van der Waals surface area contributed by atoms with Gasteiger partial charge >= 0.3 is 17.9 Å². The van der Waals surface area contributed by atoms with E-state index in [-0.39, 0.29) is 58.7 Å². The van der Waals surface area contributed by atoms with E-state index < -0.39 is 30.3 Å². The van der Waals surface area contributed by atoms with Gasteiger partial charge in [0.15, 0.2) is 6.29 Å². The SMILES string of the molecule is C=C(C(C/C=C\C)OCCOC(=C/CC)/C(=C\C)N(CCC(=O)O)CCC(=O)O)N(CCC(=O)O)CC(O)O. The summed E-state index contributed by atoms with van der Waals surface area (Å²) in [7, 11) is 0. The summed E-state index contributed by atoms with van der Waals surface area (Å²) in [4.78, 5) is 36.5. The van der Waals surface area contributed by atoms with Crippen molar-refractivity contribution in [2.45, 2.75) is 65.3 Å². The first-order valence-electron chi connectivity index (χ1n) is 12.9. The molecule has 12 nitrogen and oxygen atoms in total. The number of allylic oxidation sites excluding steroid dienone is 3. The molecule has 1 atom stereocenters. The fourth-order valence-corrected chi connectivity index (χ4v) is 3.60. The van der Waals surface area contributed by atoms with Crippen molar-refractivity contribution in [3.05, 3.63) is 48.0 Å². The van der Waals surface area contributed by atoms with Gasteiger partial charge in [-0.3, -0.25) is 14.4 Å². The predicted molar refractivity (Wildman–Crippen MR) is 145 cm³/mol. The van der Waals surface area contributed by atoms with Crippen LogP contribution in [0.5, 0.6) is 0 Å². The van der Waals surface area contributed by atoms with Crippen LogP contribution < -0.4 is 0 Å². The molecule has 0 bridgehead atoms. The average molecular weight is 557 g/mol. The Labute approximate surface area is 230 Å². The summed E-state index contributed by atoms with van der Waals surface area (Å²) >= 11 is 0. The normalized spacial score (nSPS) is 13.0. The van der Waals surface area contributed by atoms with Crippen LogP contribution in [0, 0.1) is 0 Å². The second kappa shape index (κ2) is 20.6. The highest BCUT2D eigenvalue weighted by atomic mass is 16.5. The van der Waals surface area contributed by atoms with Crippen LogP contribution in [0.15, 0.2) is 48.0 Å². The van der Waals surface area contributed by atoms with E-state index in [9.17, 15) is 24.6 Å². The number of hydrogen-bond acceptors (Lipinski definition) is 9. The maximum absolute atomic E-state index is 11.1. The fourth-order valence-electron chi connectivity index (χ4n) is 3.60. The van der Waals surface area contributed by atoms with Gasteiger partial charge in [0.25, 0.3) is 0 Å². The monoisotopic (exact) mass is 556 g/mol. The van der Waals surface area contributed by atoms with E-state index in [1.165, 1.54) is 4.90 Å². The maximum Gasteiger partial charge on any atom is 0.305 e. The van der Waals surface area contributed by atoms with Crippen molar-refractivity contribution in [1.29, 1.82) is 0 Å². The van der Waals surface area contributed by atoms with Gasteiger partial charge in [0.05, 0.1) is 38.1 Å². The summed E-state index contributed by atoms with van der Waals surface area (Å²) in [5.41, 5.74) is 0.973. The zero-order valence-electron chi connectivity index (χ0n) is 23.1. The second-order valence-corrected chi connectivity index (χ2v) is 8.50. The zero-order chi connectivity index (χ0) is 29.8. The molecule has 1 unspecified atom stereocenters. The smallest absolute Gasteiger partial charge is 0.305 e. The summed E-state index contributed by atoms with van der Waals surface area (Å²) in [6, 6.07) is 0. The Morgan fingerprint density at radius 3 is 1.87 bits per heavy atom. The standard InChI is InChI=1S/C27H44N2O10/c1-5-8-10-22(20(4)29(19-27(36)37)16-13-26(34)35)38-17-18-39-23(9-6-2)21(7-3)28(14-11-24(30)31)15-12-25(32)33/h5,7-9,22,27,36-37H,4,6,10-19H2,1-3H3,(H,30,31)(H,32,33)(H,34,35)/b8-5-,21-7+,23-9+. The second-order valence-electron chi connectivity index (χ2n) is 8.50. The van der Waals surface area contributed by atoms with Crippen molar-refractivity contribution in [1.82, 2.24) is 9.80 Å². The van der Waals surface area contributed by atoms with Crippen LogP contribution in [0.4, 0.5) is 0 Å². The number of rotatable bonds is 23. The lowest BCUT2D eigenvalue weighted by Crippen LogP contribution is -2.38. The first-order chi connectivity index (χ1) is 18.5. The predicted octanol–water partition coefficient (Wildman–Crippen LogP) is 2.40. The minimum absolute atomic E-state index is 0.0224. The van der Waals surface area contributed by atoms with E-state index in [2.05, 4.69) is 6.58 Å². The van der Waals surface area contributed by atoms with Gasteiger partial charge < -0.3 is 44.8 Å². The van der Waals surface area contributed by atoms with Gasteiger partial charge in [-0.05, 0) is 32.8 Å². The summed E-state index contributed by atoms with van der Waals surface area (Å²) in [5, 5.41) is 46.2. The van der Waals surface area contributed by atoms with E-state index in [0.717, 1.165) is 0 Å². The number of aliphatic hydroxyl groups is 2. The number of hydrogen-bond donors (Lipinski definition) is 5. The Morgan fingerprint density at radius 1 is 0.897 bits per heavy atom. The minimum Gasteiger partial charge on any atom is -0.489 e. The van der Waals surface area contributed by atoms with Crippen LogP contribution in [0.25, 0.3) is 0 Å². The number of aliphatic hydroxyl groups excluding tert-OH is 1. The molecule has 0 aliphatic carbocycles. The molecule has 0 heterocycles. The largest absolute Gasteiger partial charge is 0.489 e. The van der Waals surface area contributed by atoms with Crippen LogP contribution in [-0.2, 0) is 23.9 Å². The van der Waals surface area contributed by atoms with Crippen molar-refractivity contribution in [2.24, 2.45) is 0 Å². The molecule has 222 valence electrons. The Morgan fingerprint density at radius 2 is 1.44 bits per heavy atom. The van der Waals surface area contributed by atoms with Crippen molar-refractivity contribution in [3.8, 4) is 0 Å². The van der Waals surface area contributed by atoms with Gasteiger partial charge in [-0.15, -0.1) is 0 Å². The lowest BCUT2D eigenvalue weighted by molar-refractivity contribution is -0.138. The third-order valence-corrected chi connectivity index (χ3v) is 5.45. The molecule has 0 fully saturated rings. The Hall–Kier alpha value is -3.35. The Bertz CT molecular complexity index is 849. The average Bonchev–Trinajstić information content (AvgIpc) is 2.86. The lowest BCUT2D eigenvalue weighted by atomic mass is 10.1. The van der Waals surface area contributed by atoms with E-state index in [1.807, 2.05) is 32.1 Å². The van der Waals surface area contributed by atoms with Gasteiger partial charge in [0.2, 0.25) is 0 Å². The zero-order valence-corrected chi connectivity index (χ0v) is 23.1. The van der Waals surface area contributed by atoms with Crippen molar-refractivity contribution < 1.29 is 49.4 Å². The molecule has 0 aliphatic rings. The minimum atomic E-state index is -1.69. The molecule has 12 heteroatoms. The van der Waals surface area contributed by atoms with Crippen LogP contribution in [0.1, 0.15) is 52.9 Å². The molecular formula is C27H44N2O10. The first kappa shape index (κ1) is 35.6.